The molecular formula is C17H16BrF2N5. The fourth-order valence-electron chi connectivity index (χ4n) is 2.34. The van der Waals surface area contributed by atoms with Crippen molar-refractivity contribution < 1.29 is 8.78 Å². The van der Waals surface area contributed by atoms with Crippen molar-refractivity contribution >= 4 is 21.9 Å². The Morgan fingerprint density at radius 1 is 1.08 bits per heavy atom. The van der Waals surface area contributed by atoms with Gasteiger partial charge in [0.15, 0.2) is 0 Å². The van der Waals surface area contributed by atoms with Crippen molar-refractivity contribution in [1.82, 2.24) is 19.7 Å². The highest BCUT2D eigenvalue weighted by Gasteiger charge is 2.16. The number of anilines is 1. The lowest BCUT2D eigenvalue weighted by Gasteiger charge is -2.14. The highest BCUT2D eigenvalue weighted by molar-refractivity contribution is 9.10. The number of nitrogens with zero attached hydrogens (tertiary/aromatic N) is 4. The van der Waals surface area contributed by atoms with Gasteiger partial charge in [0.05, 0.1) is 17.4 Å². The lowest BCUT2D eigenvalue weighted by Crippen LogP contribution is -2.12. The molecule has 1 atom stereocenters. The van der Waals surface area contributed by atoms with Crippen molar-refractivity contribution in [3.63, 3.8) is 0 Å². The zero-order valence-electron chi connectivity index (χ0n) is 13.6. The fourth-order valence-corrected chi connectivity index (χ4v) is 2.61. The minimum Gasteiger partial charge on any atom is -0.346 e. The second-order valence-electron chi connectivity index (χ2n) is 5.59. The summed E-state index contributed by atoms with van der Waals surface area (Å²) in [6.45, 7) is 1.88. The molecule has 0 spiro atoms. The van der Waals surface area contributed by atoms with Crippen molar-refractivity contribution in [1.29, 1.82) is 0 Å². The van der Waals surface area contributed by atoms with E-state index < -0.39 is 6.43 Å². The largest absolute Gasteiger partial charge is 0.346 e. The summed E-state index contributed by atoms with van der Waals surface area (Å²) < 4.78 is 29.0. The lowest BCUT2D eigenvalue weighted by atomic mass is 10.1. The molecule has 2 heterocycles. The lowest BCUT2D eigenvalue weighted by molar-refractivity contribution is 0.146. The van der Waals surface area contributed by atoms with Crippen LogP contribution in [-0.4, -0.2) is 19.7 Å². The third-order valence-electron chi connectivity index (χ3n) is 3.63. The molecule has 0 radical (unpaired) electrons. The number of aromatic nitrogens is 4. The number of nitrogens with one attached hydrogen (secondary N) is 1. The molecule has 1 N–H and O–H groups in total. The van der Waals surface area contributed by atoms with Gasteiger partial charge in [0.2, 0.25) is 5.95 Å². The van der Waals surface area contributed by atoms with Gasteiger partial charge in [-0.3, -0.25) is 4.68 Å². The molecule has 2 aromatic heterocycles. The molecule has 0 amide bonds. The molecule has 0 aliphatic rings. The highest BCUT2D eigenvalue weighted by atomic mass is 79.9. The Kier molecular flexibility index (Phi) is 5.08. The molecule has 0 bridgehead atoms. The van der Waals surface area contributed by atoms with Crippen LogP contribution >= 0.6 is 15.9 Å². The standard InChI is InChI=1S/C17H16BrF2N5/c1-10(13-7-8-25(2)24-13)21-17-22-14(9-15(23-17)16(19)20)11-3-5-12(18)6-4-11/h3-10,16H,1-2H3,(H,21,22,23)/t10-/m1/s1. The van der Waals surface area contributed by atoms with Crippen LogP contribution in [0.15, 0.2) is 47.1 Å². The number of rotatable bonds is 5. The van der Waals surface area contributed by atoms with E-state index in [9.17, 15) is 8.78 Å². The Hall–Kier alpha value is -2.35. The van der Waals surface area contributed by atoms with E-state index in [1.54, 1.807) is 4.68 Å². The molecule has 3 rings (SSSR count). The Morgan fingerprint density at radius 3 is 2.40 bits per heavy atom. The van der Waals surface area contributed by atoms with Gasteiger partial charge in [-0.05, 0) is 31.2 Å². The molecule has 5 nitrogen and oxygen atoms in total. The van der Waals surface area contributed by atoms with E-state index in [2.05, 4.69) is 36.3 Å². The van der Waals surface area contributed by atoms with Gasteiger partial charge in [-0.25, -0.2) is 18.7 Å². The summed E-state index contributed by atoms with van der Waals surface area (Å²) in [5, 5.41) is 7.35. The first-order valence-corrected chi connectivity index (χ1v) is 8.41. The Bertz CT molecular complexity index is 864. The summed E-state index contributed by atoms with van der Waals surface area (Å²) in [5.41, 5.74) is 1.64. The monoisotopic (exact) mass is 407 g/mol. The van der Waals surface area contributed by atoms with Gasteiger partial charge in [-0.15, -0.1) is 0 Å². The molecule has 0 unspecified atom stereocenters. The van der Waals surface area contributed by atoms with E-state index in [1.165, 1.54) is 6.07 Å². The van der Waals surface area contributed by atoms with E-state index in [4.69, 9.17) is 0 Å². The fraction of sp³-hybridized carbons (Fsp3) is 0.235. The highest BCUT2D eigenvalue weighted by Crippen LogP contribution is 2.26. The number of hydrogen-bond acceptors (Lipinski definition) is 4. The van der Waals surface area contributed by atoms with Crippen LogP contribution < -0.4 is 5.32 Å². The van der Waals surface area contributed by atoms with Crippen LogP contribution in [0.1, 0.15) is 30.8 Å². The molecule has 0 fully saturated rings. The van der Waals surface area contributed by atoms with Crippen molar-refractivity contribution in [3.05, 3.63) is 58.5 Å². The van der Waals surface area contributed by atoms with Gasteiger partial charge < -0.3 is 5.32 Å². The third-order valence-corrected chi connectivity index (χ3v) is 4.16. The summed E-state index contributed by atoms with van der Waals surface area (Å²) >= 11 is 3.36. The van der Waals surface area contributed by atoms with E-state index in [1.807, 2.05) is 50.5 Å². The molecule has 0 aliphatic heterocycles. The maximum atomic E-state index is 13.2. The normalized spacial score (nSPS) is 12.4. The maximum absolute atomic E-state index is 13.2. The van der Waals surface area contributed by atoms with Crippen LogP contribution in [0.5, 0.6) is 0 Å². The summed E-state index contributed by atoms with van der Waals surface area (Å²) in [6.07, 6.45) is -0.861. The molecule has 1 aromatic carbocycles. The zero-order chi connectivity index (χ0) is 18.0. The molecule has 0 saturated heterocycles. The first kappa shape index (κ1) is 17.5. The van der Waals surface area contributed by atoms with Gasteiger partial charge in [0.25, 0.3) is 6.43 Å². The predicted octanol–water partition coefficient (Wildman–Crippen LogP) is 4.75. The van der Waals surface area contributed by atoms with Crippen LogP contribution in [0.25, 0.3) is 11.3 Å². The van der Waals surface area contributed by atoms with Crippen molar-refractivity contribution in [3.8, 4) is 11.3 Å². The van der Waals surface area contributed by atoms with Crippen molar-refractivity contribution in [2.24, 2.45) is 7.05 Å². The Morgan fingerprint density at radius 2 is 1.80 bits per heavy atom. The smallest absolute Gasteiger partial charge is 0.280 e. The van der Waals surface area contributed by atoms with Crippen LogP contribution in [0.4, 0.5) is 14.7 Å². The Labute approximate surface area is 152 Å². The SMILES string of the molecule is C[C@@H](Nc1nc(-c2ccc(Br)cc2)cc(C(F)F)n1)c1ccn(C)n1. The molecule has 0 aliphatic carbocycles. The van der Waals surface area contributed by atoms with Crippen LogP contribution in [0.3, 0.4) is 0 Å². The van der Waals surface area contributed by atoms with E-state index >= 15 is 0 Å². The molecule has 3 aromatic rings. The Balaban J connectivity index is 1.94. The predicted molar refractivity (Wildman–Crippen MR) is 95.4 cm³/mol. The van der Waals surface area contributed by atoms with Gasteiger partial charge in [-0.2, -0.15) is 5.10 Å². The summed E-state index contributed by atoms with van der Waals surface area (Å²) in [6, 6.07) is 10.2. The molecule has 130 valence electrons. The van der Waals surface area contributed by atoms with Gasteiger partial charge in [0, 0.05) is 23.3 Å². The molecule has 8 heteroatoms. The van der Waals surface area contributed by atoms with E-state index in [0.717, 1.165) is 15.7 Å². The number of alkyl halides is 2. The van der Waals surface area contributed by atoms with E-state index in [-0.39, 0.29) is 17.7 Å². The van der Waals surface area contributed by atoms with Crippen molar-refractivity contribution in [2.45, 2.75) is 19.4 Å². The molecular weight excluding hydrogens is 392 g/mol. The topological polar surface area (TPSA) is 55.6 Å². The average molecular weight is 408 g/mol. The number of halogens is 3. The minimum absolute atomic E-state index is 0.147. The summed E-state index contributed by atoms with van der Waals surface area (Å²) in [4.78, 5) is 8.31. The van der Waals surface area contributed by atoms with Crippen LogP contribution in [-0.2, 0) is 7.05 Å². The van der Waals surface area contributed by atoms with Gasteiger partial charge in [0.1, 0.15) is 5.69 Å². The summed E-state index contributed by atoms with van der Waals surface area (Å²) in [5.74, 6) is 0.147. The first-order valence-electron chi connectivity index (χ1n) is 7.61. The quantitative estimate of drug-likeness (QED) is 0.662. The molecule has 25 heavy (non-hydrogen) atoms. The number of hydrogen-bond donors (Lipinski definition) is 1. The van der Waals surface area contributed by atoms with E-state index in [0.29, 0.717) is 5.69 Å². The summed E-state index contributed by atoms with van der Waals surface area (Å²) in [7, 11) is 1.82. The third kappa shape index (κ3) is 4.19. The van der Waals surface area contributed by atoms with Crippen molar-refractivity contribution in [2.75, 3.05) is 5.32 Å². The average Bonchev–Trinajstić information content (AvgIpc) is 3.02. The van der Waals surface area contributed by atoms with Gasteiger partial charge >= 0.3 is 0 Å². The van der Waals surface area contributed by atoms with Gasteiger partial charge in [-0.1, -0.05) is 28.1 Å². The number of benzene rings is 1. The second-order valence-corrected chi connectivity index (χ2v) is 6.51. The maximum Gasteiger partial charge on any atom is 0.280 e. The minimum atomic E-state index is -2.68. The zero-order valence-corrected chi connectivity index (χ0v) is 15.2. The molecule has 0 saturated carbocycles. The second kappa shape index (κ2) is 7.26. The van der Waals surface area contributed by atoms with Crippen LogP contribution in [0, 0.1) is 0 Å². The number of aryl methyl sites for hydroxylation is 1. The van der Waals surface area contributed by atoms with Crippen LogP contribution in [0.2, 0.25) is 0 Å². The first-order chi connectivity index (χ1) is 11.9.